The fourth-order valence-corrected chi connectivity index (χ4v) is 1.07. The first-order valence-corrected chi connectivity index (χ1v) is 4.09. The molecule has 0 saturated carbocycles. The maximum absolute atomic E-state index is 7.63. The van der Waals surface area contributed by atoms with Crippen LogP contribution >= 0.6 is 0 Å². The second-order valence-corrected chi connectivity index (χ2v) is 2.65. The highest BCUT2D eigenvalue weighted by Crippen LogP contribution is 2.10. The van der Waals surface area contributed by atoms with E-state index in [9.17, 15) is 0 Å². The summed E-state index contributed by atoms with van der Waals surface area (Å²) in [5.74, 6) is 0. The normalized spacial score (nSPS) is 16.2. The van der Waals surface area contributed by atoms with Crippen LogP contribution in [0.25, 0.3) is 0 Å². The van der Waals surface area contributed by atoms with Gasteiger partial charge >= 0.3 is 0 Å². The monoisotopic (exact) mass is 159 g/mol. The molecular weight excluding hydrogens is 146 g/mol. The SMILES string of the molecule is C=C/C=C\C(=N)C1=CCCC=C1. The predicted octanol–water partition coefficient (Wildman–Crippen LogP) is 3.02. The second-order valence-electron chi connectivity index (χ2n) is 2.65. The minimum Gasteiger partial charge on any atom is -0.300 e. The summed E-state index contributed by atoms with van der Waals surface area (Å²) in [4.78, 5) is 0. The Balaban J connectivity index is 2.63. The maximum Gasteiger partial charge on any atom is 0.0608 e. The van der Waals surface area contributed by atoms with Gasteiger partial charge in [0.2, 0.25) is 0 Å². The van der Waals surface area contributed by atoms with Crippen molar-refractivity contribution in [3.8, 4) is 0 Å². The Kier molecular flexibility index (Phi) is 3.27. The zero-order valence-electron chi connectivity index (χ0n) is 7.09. The third-order valence-corrected chi connectivity index (χ3v) is 1.70. The van der Waals surface area contributed by atoms with Crippen LogP contribution in [0.1, 0.15) is 12.8 Å². The maximum atomic E-state index is 7.63. The standard InChI is InChI=1S/C11H13N/c1-2-3-9-11(12)10-7-5-4-6-8-10/h2-3,5,7-9,12H,1,4,6H2/b9-3-,12-11?. The minimum atomic E-state index is 0.561. The number of rotatable bonds is 3. The molecule has 0 aromatic carbocycles. The molecule has 1 rings (SSSR count). The number of hydrogen-bond donors (Lipinski definition) is 1. The van der Waals surface area contributed by atoms with Crippen LogP contribution in [-0.2, 0) is 0 Å². The van der Waals surface area contributed by atoms with Crippen molar-refractivity contribution >= 4 is 5.71 Å². The summed E-state index contributed by atoms with van der Waals surface area (Å²) >= 11 is 0. The Bertz CT molecular complexity index is 267. The van der Waals surface area contributed by atoms with Crippen molar-refractivity contribution < 1.29 is 0 Å². The van der Waals surface area contributed by atoms with Gasteiger partial charge in [-0.1, -0.05) is 37.0 Å². The first-order chi connectivity index (χ1) is 5.84. The van der Waals surface area contributed by atoms with Crippen LogP contribution in [0.4, 0.5) is 0 Å². The summed E-state index contributed by atoms with van der Waals surface area (Å²) in [7, 11) is 0. The van der Waals surface area contributed by atoms with Crippen LogP contribution < -0.4 is 0 Å². The highest BCUT2D eigenvalue weighted by atomic mass is 14.4. The molecular formula is C11H13N. The zero-order valence-corrected chi connectivity index (χ0v) is 7.09. The van der Waals surface area contributed by atoms with Crippen LogP contribution in [0.15, 0.2) is 48.6 Å². The van der Waals surface area contributed by atoms with Crippen molar-refractivity contribution in [3.05, 3.63) is 48.6 Å². The fourth-order valence-electron chi connectivity index (χ4n) is 1.07. The average Bonchev–Trinajstić information content (AvgIpc) is 2.15. The van der Waals surface area contributed by atoms with Gasteiger partial charge in [-0.05, 0) is 24.5 Å². The summed E-state index contributed by atoms with van der Waals surface area (Å²) < 4.78 is 0. The molecule has 0 aromatic heterocycles. The van der Waals surface area contributed by atoms with E-state index in [0.717, 1.165) is 18.4 Å². The van der Waals surface area contributed by atoms with Crippen molar-refractivity contribution in [2.24, 2.45) is 0 Å². The Labute approximate surface area is 73.3 Å². The lowest BCUT2D eigenvalue weighted by molar-refractivity contribution is 1.03. The molecule has 0 spiro atoms. The summed E-state index contributed by atoms with van der Waals surface area (Å²) in [5, 5.41) is 7.63. The molecule has 0 amide bonds. The molecule has 0 fully saturated rings. The Morgan fingerprint density at radius 1 is 1.50 bits per heavy atom. The lowest BCUT2D eigenvalue weighted by Crippen LogP contribution is -1.96. The van der Waals surface area contributed by atoms with Crippen LogP contribution in [0.3, 0.4) is 0 Å². The molecule has 0 radical (unpaired) electrons. The van der Waals surface area contributed by atoms with E-state index in [2.05, 4.69) is 18.7 Å². The van der Waals surface area contributed by atoms with Gasteiger partial charge in [0.15, 0.2) is 0 Å². The molecule has 0 heterocycles. The molecule has 0 aromatic rings. The van der Waals surface area contributed by atoms with Gasteiger partial charge in [0, 0.05) is 0 Å². The molecule has 0 aliphatic heterocycles. The van der Waals surface area contributed by atoms with Gasteiger partial charge in [0.1, 0.15) is 0 Å². The van der Waals surface area contributed by atoms with Gasteiger partial charge in [-0.3, -0.25) is 0 Å². The first-order valence-electron chi connectivity index (χ1n) is 4.09. The number of hydrogen-bond acceptors (Lipinski definition) is 1. The van der Waals surface area contributed by atoms with Crippen molar-refractivity contribution in [2.45, 2.75) is 12.8 Å². The highest BCUT2D eigenvalue weighted by Gasteiger charge is 1.99. The summed E-state index contributed by atoms with van der Waals surface area (Å²) in [6.45, 7) is 3.56. The van der Waals surface area contributed by atoms with E-state index < -0.39 is 0 Å². The minimum absolute atomic E-state index is 0.561. The smallest absolute Gasteiger partial charge is 0.0608 e. The van der Waals surface area contributed by atoms with Crippen LogP contribution in [0.5, 0.6) is 0 Å². The summed E-state index contributed by atoms with van der Waals surface area (Å²) in [6.07, 6.45) is 13.6. The van der Waals surface area contributed by atoms with Crippen LogP contribution in [-0.4, -0.2) is 5.71 Å². The summed E-state index contributed by atoms with van der Waals surface area (Å²) in [6, 6.07) is 0. The Morgan fingerprint density at radius 3 is 2.92 bits per heavy atom. The van der Waals surface area contributed by atoms with Gasteiger partial charge in [-0.25, -0.2) is 0 Å². The second kappa shape index (κ2) is 4.50. The van der Waals surface area contributed by atoms with Gasteiger partial charge in [-0.15, -0.1) is 0 Å². The average molecular weight is 159 g/mol. The molecule has 12 heavy (non-hydrogen) atoms. The van der Waals surface area contributed by atoms with Crippen molar-refractivity contribution in [1.29, 1.82) is 5.41 Å². The van der Waals surface area contributed by atoms with Gasteiger partial charge < -0.3 is 5.41 Å². The Hall–Kier alpha value is -1.37. The van der Waals surface area contributed by atoms with E-state index in [4.69, 9.17) is 5.41 Å². The topological polar surface area (TPSA) is 23.9 Å². The molecule has 1 nitrogen and oxygen atoms in total. The lowest BCUT2D eigenvalue weighted by atomic mass is 10.0. The molecule has 1 aliphatic carbocycles. The fraction of sp³-hybridized carbons (Fsp3) is 0.182. The van der Waals surface area contributed by atoms with E-state index >= 15 is 0 Å². The molecule has 1 N–H and O–H groups in total. The molecule has 0 atom stereocenters. The quantitative estimate of drug-likeness (QED) is 0.483. The largest absolute Gasteiger partial charge is 0.300 e. The first kappa shape index (κ1) is 8.72. The van der Waals surface area contributed by atoms with Crippen LogP contribution in [0.2, 0.25) is 0 Å². The predicted molar refractivity (Wildman–Crippen MR) is 53.5 cm³/mol. The van der Waals surface area contributed by atoms with E-state index in [1.807, 2.05) is 6.08 Å². The van der Waals surface area contributed by atoms with E-state index in [1.54, 1.807) is 18.2 Å². The number of nitrogens with one attached hydrogen (secondary N) is 1. The molecule has 0 bridgehead atoms. The highest BCUT2D eigenvalue weighted by molar-refractivity contribution is 6.08. The lowest BCUT2D eigenvalue weighted by Gasteiger charge is -2.03. The molecule has 62 valence electrons. The summed E-state index contributed by atoms with van der Waals surface area (Å²) in [5.41, 5.74) is 1.57. The Morgan fingerprint density at radius 2 is 2.33 bits per heavy atom. The number of allylic oxidation sites excluding steroid dienone is 7. The molecule has 1 heteroatoms. The zero-order chi connectivity index (χ0) is 8.81. The molecule has 1 aliphatic rings. The van der Waals surface area contributed by atoms with Gasteiger partial charge in [0.05, 0.1) is 5.71 Å². The van der Waals surface area contributed by atoms with Crippen LogP contribution in [0, 0.1) is 5.41 Å². The molecule has 0 saturated heterocycles. The van der Waals surface area contributed by atoms with Gasteiger partial charge in [-0.2, -0.15) is 0 Å². The van der Waals surface area contributed by atoms with E-state index in [0.29, 0.717) is 5.71 Å². The van der Waals surface area contributed by atoms with Gasteiger partial charge in [0.25, 0.3) is 0 Å². The third-order valence-electron chi connectivity index (χ3n) is 1.70. The van der Waals surface area contributed by atoms with Crippen molar-refractivity contribution in [1.82, 2.24) is 0 Å². The van der Waals surface area contributed by atoms with E-state index in [1.165, 1.54) is 0 Å². The molecule has 0 unspecified atom stereocenters. The van der Waals surface area contributed by atoms with Crippen molar-refractivity contribution in [3.63, 3.8) is 0 Å². The van der Waals surface area contributed by atoms with Crippen molar-refractivity contribution in [2.75, 3.05) is 0 Å². The third kappa shape index (κ3) is 2.35. The van der Waals surface area contributed by atoms with E-state index in [-0.39, 0.29) is 0 Å².